The summed E-state index contributed by atoms with van der Waals surface area (Å²) < 4.78 is 16.3. The van der Waals surface area contributed by atoms with Crippen LogP contribution in [0.4, 0.5) is 11.4 Å². The van der Waals surface area contributed by atoms with E-state index in [9.17, 15) is 0 Å². The molecule has 11 heteroatoms. The van der Waals surface area contributed by atoms with Crippen LogP contribution in [0.15, 0.2) is 58.5 Å². The third-order valence-electron chi connectivity index (χ3n) is 8.50. The van der Waals surface area contributed by atoms with Crippen molar-refractivity contribution in [3.8, 4) is 11.5 Å². The van der Waals surface area contributed by atoms with E-state index >= 15 is 0 Å². The maximum atomic E-state index is 5.64. The molecular weight excluding hydrogens is 520 g/mol. The fourth-order valence-corrected chi connectivity index (χ4v) is 5.95. The van der Waals surface area contributed by atoms with Crippen molar-refractivity contribution in [3.63, 3.8) is 0 Å². The van der Waals surface area contributed by atoms with E-state index in [1.54, 1.807) is 14.2 Å². The van der Waals surface area contributed by atoms with Gasteiger partial charge < -0.3 is 33.8 Å². The van der Waals surface area contributed by atoms with Crippen LogP contribution in [-0.2, 0) is 4.74 Å². The van der Waals surface area contributed by atoms with Crippen LogP contribution in [0.2, 0.25) is 0 Å². The van der Waals surface area contributed by atoms with Crippen molar-refractivity contribution in [1.29, 1.82) is 0 Å². The summed E-state index contributed by atoms with van der Waals surface area (Å²) in [5.74, 6) is 2.90. The quantitative estimate of drug-likeness (QED) is 0.589. The molecule has 4 aliphatic heterocycles. The van der Waals surface area contributed by atoms with Gasteiger partial charge in [0.25, 0.3) is 0 Å². The number of methoxy groups -OCH3 is 2. The number of piperazine rings is 2. The molecule has 1 N–H and O–H groups in total. The first kappa shape index (κ1) is 27.5. The van der Waals surface area contributed by atoms with Gasteiger partial charge in [0.2, 0.25) is 17.7 Å². The molecule has 220 valence electrons. The van der Waals surface area contributed by atoms with E-state index in [-0.39, 0.29) is 0 Å². The standard InChI is InChI=1S/C30H42N8O3/c1-30(38-18-16-35(17-19-38)25-6-10-27(40-3)11-7-25)32-28(31-29(33-30)37-20-22-41-23-21-37)36-14-12-34(13-15-36)24-4-8-26(39-2)9-5-24/h4-11H,12-23H2,1-3H3,(H,31,32,33). The molecule has 3 fully saturated rings. The average molecular weight is 563 g/mol. The first-order valence-corrected chi connectivity index (χ1v) is 14.6. The van der Waals surface area contributed by atoms with Crippen LogP contribution in [0, 0.1) is 0 Å². The second-order valence-electron chi connectivity index (χ2n) is 10.9. The largest absolute Gasteiger partial charge is 0.497 e. The molecule has 0 aliphatic carbocycles. The lowest BCUT2D eigenvalue weighted by atomic mass is 10.2. The second-order valence-corrected chi connectivity index (χ2v) is 10.9. The van der Waals surface area contributed by atoms with Gasteiger partial charge in [0.1, 0.15) is 11.5 Å². The Hall–Kier alpha value is -3.70. The number of hydrogen-bond donors (Lipinski definition) is 1. The molecule has 2 aromatic rings. The lowest BCUT2D eigenvalue weighted by molar-refractivity contribution is 0.0628. The monoisotopic (exact) mass is 562 g/mol. The first-order valence-electron chi connectivity index (χ1n) is 14.6. The van der Waals surface area contributed by atoms with E-state index in [1.807, 2.05) is 24.3 Å². The molecule has 2 aromatic carbocycles. The summed E-state index contributed by atoms with van der Waals surface area (Å²) in [7, 11) is 3.41. The van der Waals surface area contributed by atoms with Gasteiger partial charge >= 0.3 is 0 Å². The minimum absolute atomic E-state index is 0.673. The van der Waals surface area contributed by atoms with Gasteiger partial charge in [-0.2, -0.15) is 0 Å². The predicted molar refractivity (Wildman–Crippen MR) is 162 cm³/mol. The van der Waals surface area contributed by atoms with E-state index in [0.717, 1.165) is 88.9 Å². The molecular formula is C30H42N8O3. The summed E-state index contributed by atoms with van der Waals surface area (Å²) in [5, 5.41) is 3.61. The van der Waals surface area contributed by atoms with Crippen LogP contribution in [0.5, 0.6) is 11.5 Å². The summed E-state index contributed by atoms with van der Waals surface area (Å²) in [6.07, 6.45) is 0. The lowest BCUT2D eigenvalue weighted by Crippen LogP contribution is -2.63. The van der Waals surface area contributed by atoms with Gasteiger partial charge in [-0.3, -0.25) is 10.2 Å². The summed E-state index contributed by atoms with van der Waals surface area (Å²) in [4.78, 5) is 22.5. The highest BCUT2D eigenvalue weighted by molar-refractivity contribution is 6.00. The normalized spacial score (nSPS) is 24.0. The van der Waals surface area contributed by atoms with Crippen molar-refractivity contribution < 1.29 is 14.2 Å². The van der Waals surface area contributed by atoms with E-state index in [4.69, 9.17) is 24.2 Å². The molecule has 4 heterocycles. The number of ether oxygens (including phenoxy) is 3. The maximum absolute atomic E-state index is 5.64. The zero-order valence-electron chi connectivity index (χ0n) is 24.5. The number of hydrogen-bond acceptors (Lipinski definition) is 11. The molecule has 41 heavy (non-hydrogen) atoms. The Morgan fingerprint density at radius 1 is 0.610 bits per heavy atom. The Balaban J connectivity index is 1.16. The number of nitrogens with one attached hydrogen (secondary N) is 1. The zero-order valence-corrected chi connectivity index (χ0v) is 24.5. The smallest absolute Gasteiger partial charge is 0.211 e. The third kappa shape index (κ3) is 6.01. The minimum Gasteiger partial charge on any atom is -0.497 e. The van der Waals surface area contributed by atoms with E-state index in [0.29, 0.717) is 13.2 Å². The van der Waals surface area contributed by atoms with Crippen molar-refractivity contribution in [1.82, 2.24) is 20.0 Å². The molecule has 6 rings (SSSR count). The Bertz CT molecular complexity index is 1220. The molecule has 1 unspecified atom stereocenters. The van der Waals surface area contributed by atoms with Gasteiger partial charge in [-0.15, -0.1) is 0 Å². The summed E-state index contributed by atoms with van der Waals surface area (Å²) in [6, 6.07) is 16.7. The van der Waals surface area contributed by atoms with Crippen molar-refractivity contribution >= 4 is 23.3 Å². The molecule has 4 aliphatic rings. The molecule has 0 radical (unpaired) electrons. The highest BCUT2D eigenvalue weighted by Gasteiger charge is 2.39. The number of morpholine rings is 1. The average Bonchev–Trinajstić information content (AvgIpc) is 3.05. The van der Waals surface area contributed by atoms with Crippen molar-refractivity contribution in [3.05, 3.63) is 48.5 Å². The molecule has 11 nitrogen and oxygen atoms in total. The van der Waals surface area contributed by atoms with Crippen LogP contribution < -0.4 is 24.6 Å². The molecule has 0 spiro atoms. The first-order chi connectivity index (χ1) is 20.0. The minimum atomic E-state index is -0.673. The second kappa shape index (κ2) is 12.0. The molecule has 3 saturated heterocycles. The molecule has 0 saturated carbocycles. The molecule has 0 aromatic heterocycles. The highest BCUT2D eigenvalue weighted by Crippen LogP contribution is 2.28. The number of rotatable bonds is 5. The fraction of sp³-hybridized carbons (Fsp3) is 0.533. The molecule has 1 atom stereocenters. The van der Waals surface area contributed by atoms with Crippen LogP contribution in [0.25, 0.3) is 0 Å². The highest BCUT2D eigenvalue weighted by atomic mass is 16.5. The third-order valence-corrected chi connectivity index (χ3v) is 8.50. The van der Waals surface area contributed by atoms with Gasteiger partial charge in [0.15, 0.2) is 0 Å². The van der Waals surface area contributed by atoms with Crippen LogP contribution >= 0.6 is 0 Å². The Morgan fingerprint density at radius 2 is 1.02 bits per heavy atom. The van der Waals surface area contributed by atoms with Gasteiger partial charge in [0, 0.05) is 76.8 Å². The number of nitrogens with zero attached hydrogens (tertiary/aromatic N) is 7. The lowest BCUT2D eigenvalue weighted by Gasteiger charge is -2.46. The van der Waals surface area contributed by atoms with E-state index in [1.165, 1.54) is 11.4 Å². The van der Waals surface area contributed by atoms with Crippen molar-refractivity contribution in [2.45, 2.75) is 12.7 Å². The van der Waals surface area contributed by atoms with Gasteiger partial charge in [-0.05, 0) is 55.5 Å². The van der Waals surface area contributed by atoms with E-state index < -0.39 is 5.79 Å². The van der Waals surface area contributed by atoms with Gasteiger partial charge in [-0.25, -0.2) is 9.98 Å². The number of aliphatic imine (C=N–C) groups is 2. The van der Waals surface area contributed by atoms with Crippen molar-refractivity contribution in [2.75, 3.05) is 103 Å². The number of guanidine groups is 2. The Kier molecular flexibility index (Phi) is 8.06. The zero-order chi connectivity index (χ0) is 28.2. The maximum Gasteiger partial charge on any atom is 0.211 e. The van der Waals surface area contributed by atoms with E-state index in [2.05, 4.69) is 61.0 Å². The molecule has 0 bridgehead atoms. The fourth-order valence-electron chi connectivity index (χ4n) is 5.95. The summed E-state index contributed by atoms with van der Waals surface area (Å²) >= 11 is 0. The van der Waals surface area contributed by atoms with Crippen LogP contribution in [0.3, 0.4) is 0 Å². The van der Waals surface area contributed by atoms with Gasteiger partial charge in [-0.1, -0.05) is 0 Å². The topological polar surface area (TPSA) is 80.6 Å². The van der Waals surface area contributed by atoms with Crippen molar-refractivity contribution in [2.24, 2.45) is 9.98 Å². The number of benzene rings is 2. The van der Waals surface area contributed by atoms with Gasteiger partial charge in [0.05, 0.1) is 27.4 Å². The van der Waals surface area contributed by atoms with Crippen LogP contribution in [0.1, 0.15) is 6.92 Å². The SMILES string of the molecule is COc1ccc(N2CCN(C3=NC(C)(N4CCN(c5ccc(OC)cc5)CC4)N=C(N4CCOCC4)N3)CC2)cc1. The number of anilines is 2. The summed E-state index contributed by atoms with van der Waals surface area (Å²) in [5.41, 5.74) is 2.44. The molecule has 0 amide bonds. The summed E-state index contributed by atoms with van der Waals surface area (Å²) in [6.45, 7) is 12.5. The van der Waals surface area contributed by atoms with Crippen LogP contribution in [-0.4, -0.2) is 125 Å². The Labute approximate surface area is 243 Å². The predicted octanol–water partition coefficient (Wildman–Crippen LogP) is 1.97. The Morgan fingerprint density at radius 3 is 1.49 bits per heavy atom.